The van der Waals surface area contributed by atoms with Crippen LogP contribution in [0.25, 0.3) is 11.0 Å². The van der Waals surface area contributed by atoms with Crippen molar-refractivity contribution in [3.05, 3.63) is 83.7 Å². The third kappa shape index (κ3) is 4.69. The van der Waals surface area contributed by atoms with E-state index in [0.717, 1.165) is 5.56 Å². The van der Waals surface area contributed by atoms with Gasteiger partial charge >= 0.3 is 0 Å². The molecule has 0 unspecified atom stereocenters. The van der Waals surface area contributed by atoms with Gasteiger partial charge in [0.2, 0.25) is 0 Å². The summed E-state index contributed by atoms with van der Waals surface area (Å²) in [5, 5.41) is 10.6. The van der Waals surface area contributed by atoms with Crippen LogP contribution in [-0.2, 0) is 13.5 Å². The third-order valence-electron chi connectivity index (χ3n) is 5.62. The molecule has 0 fully saturated rings. The SMILES string of the molecule is CN(C(=O)c1ccc2nonc2c1)[C@H](CCNC(=O)c1cccn1C)Cc1ccccc1. The summed E-state index contributed by atoms with van der Waals surface area (Å²) in [6.45, 7) is 0.450. The molecule has 1 N–H and O–H groups in total. The Kier molecular flexibility index (Phi) is 6.30. The highest BCUT2D eigenvalue weighted by atomic mass is 16.6. The molecular formula is C24H25N5O3. The van der Waals surface area contributed by atoms with Gasteiger partial charge in [-0.05, 0) is 59.1 Å². The second-order valence-corrected chi connectivity index (χ2v) is 7.78. The summed E-state index contributed by atoms with van der Waals surface area (Å²) in [6.07, 6.45) is 3.12. The molecule has 32 heavy (non-hydrogen) atoms. The van der Waals surface area contributed by atoms with Gasteiger partial charge < -0.3 is 14.8 Å². The largest absolute Gasteiger partial charge is 0.351 e. The van der Waals surface area contributed by atoms with Crippen LogP contribution in [0.15, 0.2) is 71.5 Å². The molecule has 2 aromatic heterocycles. The number of rotatable bonds is 8. The number of likely N-dealkylation sites (N-methyl/N-ethyl adjacent to an activating group) is 1. The fraction of sp³-hybridized carbons (Fsp3) is 0.250. The standard InChI is InChI=1S/C24H25N5O3/c1-28-14-6-9-22(28)23(30)25-13-12-19(15-17-7-4-3-5-8-17)29(2)24(31)18-10-11-20-21(16-18)27-32-26-20/h3-11,14,16,19H,12-13,15H2,1-2H3,(H,25,30)/t19-/m1/s1. The van der Waals surface area contributed by atoms with Crippen LogP contribution in [0.2, 0.25) is 0 Å². The van der Waals surface area contributed by atoms with Crippen LogP contribution in [0.3, 0.4) is 0 Å². The Morgan fingerprint density at radius 2 is 1.84 bits per heavy atom. The predicted molar refractivity (Wildman–Crippen MR) is 120 cm³/mol. The van der Waals surface area contributed by atoms with Crippen LogP contribution < -0.4 is 5.32 Å². The topological polar surface area (TPSA) is 93.3 Å². The summed E-state index contributed by atoms with van der Waals surface area (Å²) in [5.74, 6) is -0.251. The number of nitrogens with zero attached hydrogens (tertiary/aromatic N) is 4. The van der Waals surface area contributed by atoms with E-state index in [-0.39, 0.29) is 17.9 Å². The number of aryl methyl sites for hydroxylation is 1. The minimum absolute atomic E-state index is 0.107. The van der Waals surface area contributed by atoms with Crippen molar-refractivity contribution in [2.45, 2.75) is 18.9 Å². The van der Waals surface area contributed by atoms with Gasteiger partial charge in [-0.1, -0.05) is 30.3 Å². The van der Waals surface area contributed by atoms with Gasteiger partial charge in [-0.2, -0.15) is 0 Å². The van der Waals surface area contributed by atoms with E-state index in [1.807, 2.05) is 49.6 Å². The maximum absolute atomic E-state index is 13.2. The number of aromatic nitrogens is 3. The van der Waals surface area contributed by atoms with Crippen molar-refractivity contribution >= 4 is 22.8 Å². The van der Waals surface area contributed by atoms with Crippen LogP contribution in [-0.4, -0.2) is 51.2 Å². The lowest BCUT2D eigenvalue weighted by Gasteiger charge is -2.29. The van der Waals surface area contributed by atoms with E-state index in [2.05, 4.69) is 15.6 Å². The van der Waals surface area contributed by atoms with E-state index in [0.29, 0.717) is 41.7 Å². The van der Waals surface area contributed by atoms with Gasteiger partial charge in [-0.25, -0.2) is 4.63 Å². The highest BCUT2D eigenvalue weighted by Crippen LogP contribution is 2.17. The molecule has 0 aliphatic heterocycles. The van der Waals surface area contributed by atoms with Crippen molar-refractivity contribution < 1.29 is 14.2 Å². The lowest BCUT2D eigenvalue weighted by Crippen LogP contribution is -2.41. The Labute approximate surface area is 185 Å². The second-order valence-electron chi connectivity index (χ2n) is 7.78. The third-order valence-corrected chi connectivity index (χ3v) is 5.62. The molecule has 0 bridgehead atoms. The Hall–Kier alpha value is -3.94. The first-order valence-corrected chi connectivity index (χ1v) is 10.5. The quantitative estimate of drug-likeness (QED) is 0.463. The summed E-state index contributed by atoms with van der Waals surface area (Å²) in [6, 6.07) is 18.7. The summed E-state index contributed by atoms with van der Waals surface area (Å²) >= 11 is 0. The van der Waals surface area contributed by atoms with E-state index < -0.39 is 0 Å². The number of carbonyl (C=O) groups is 2. The summed E-state index contributed by atoms with van der Waals surface area (Å²) in [7, 11) is 3.63. The number of benzene rings is 2. The molecule has 0 saturated heterocycles. The molecule has 2 heterocycles. The summed E-state index contributed by atoms with van der Waals surface area (Å²) in [5.41, 5.74) is 3.39. The van der Waals surface area contributed by atoms with E-state index in [1.165, 1.54) is 0 Å². The van der Waals surface area contributed by atoms with Crippen molar-refractivity contribution in [1.82, 2.24) is 25.1 Å². The zero-order valence-corrected chi connectivity index (χ0v) is 18.1. The van der Waals surface area contributed by atoms with E-state index in [1.54, 1.807) is 40.8 Å². The maximum Gasteiger partial charge on any atom is 0.267 e. The minimum atomic E-state index is -0.131. The van der Waals surface area contributed by atoms with Crippen LogP contribution >= 0.6 is 0 Å². The van der Waals surface area contributed by atoms with Gasteiger partial charge in [0.05, 0.1) is 0 Å². The van der Waals surface area contributed by atoms with Gasteiger partial charge in [-0.3, -0.25) is 9.59 Å². The molecule has 0 saturated carbocycles. The fourth-order valence-corrected chi connectivity index (χ4v) is 3.74. The Balaban J connectivity index is 1.48. The van der Waals surface area contributed by atoms with E-state index >= 15 is 0 Å². The average Bonchev–Trinajstić information content (AvgIpc) is 3.46. The highest BCUT2D eigenvalue weighted by molar-refractivity contribution is 5.97. The molecule has 4 rings (SSSR count). The van der Waals surface area contributed by atoms with Crippen LogP contribution in [0.5, 0.6) is 0 Å². The normalized spacial score (nSPS) is 11.9. The van der Waals surface area contributed by atoms with Gasteiger partial charge in [0.1, 0.15) is 16.7 Å². The molecule has 164 valence electrons. The number of amides is 2. The number of fused-ring (bicyclic) bond motifs is 1. The zero-order chi connectivity index (χ0) is 22.5. The second kappa shape index (κ2) is 9.47. The molecule has 0 radical (unpaired) electrons. The molecule has 1 atom stereocenters. The number of hydrogen-bond donors (Lipinski definition) is 1. The lowest BCUT2D eigenvalue weighted by molar-refractivity contribution is 0.0723. The van der Waals surface area contributed by atoms with Gasteiger partial charge in [0.25, 0.3) is 11.8 Å². The van der Waals surface area contributed by atoms with Gasteiger partial charge in [0.15, 0.2) is 0 Å². The van der Waals surface area contributed by atoms with Crippen LogP contribution in [0.1, 0.15) is 32.8 Å². The Morgan fingerprint density at radius 3 is 2.59 bits per heavy atom. The molecule has 8 nitrogen and oxygen atoms in total. The van der Waals surface area contributed by atoms with Gasteiger partial charge in [-0.15, -0.1) is 0 Å². The molecule has 8 heteroatoms. The molecule has 2 amide bonds. The molecule has 0 spiro atoms. The van der Waals surface area contributed by atoms with Crippen molar-refractivity contribution in [2.75, 3.05) is 13.6 Å². The molecule has 0 aliphatic rings. The smallest absolute Gasteiger partial charge is 0.267 e. The van der Waals surface area contributed by atoms with Crippen molar-refractivity contribution in [3.8, 4) is 0 Å². The van der Waals surface area contributed by atoms with E-state index in [4.69, 9.17) is 4.63 Å². The molecule has 0 aliphatic carbocycles. The van der Waals surface area contributed by atoms with Crippen LogP contribution in [0.4, 0.5) is 0 Å². The zero-order valence-electron chi connectivity index (χ0n) is 18.1. The maximum atomic E-state index is 13.2. The average molecular weight is 431 g/mol. The number of hydrogen-bond acceptors (Lipinski definition) is 5. The Bertz CT molecular complexity index is 1210. The highest BCUT2D eigenvalue weighted by Gasteiger charge is 2.22. The first kappa shape index (κ1) is 21.3. The van der Waals surface area contributed by atoms with E-state index in [9.17, 15) is 9.59 Å². The molecule has 4 aromatic rings. The predicted octanol–water partition coefficient (Wildman–Crippen LogP) is 3.06. The first-order chi connectivity index (χ1) is 15.5. The first-order valence-electron chi connectivity index (χ1n) is 10.5. The van der Waals surface area contributed by atoms with Crippen LogP contribution in [0, 0.1) is 0 Å². The lowest BCUT2D eigenvalue weighted by atomic mass is 10.0. The van der Waals surface area contributed by atoms with Crippen molar-refractivity contribution in [3.63, 3.8) is 0 Å². The van der Waals surface area contributed by atoms with Crippen molar-refractivity contribution in [1.29, 1.82) is 0 Å². The van der Waals surface area contributed by atoms with Gasteiger partial charge in [0, 0.05) is 38.4 Å². The van der Waals surface area contributed by atoms with Crippen molar-refractivity contribution in [2.24, 2.45) is 7.05 Å². The minimum Gasteiger partial charge on any atom is -0.351 e. The summed E-state index contributed by atoms with van der Waals surface area (Å²) < 4.78 is 6.51. The summed E-state index contributed by atoms with van der Waals surface area (Å²) in [4.78, 5) is 27.4. The number of nitrogens with one attached hydrogen (secondary N) is 1. The monoisotopic (exact) mass is 431 g/mol. The molecule has 2 aromatic carbocycles. The Morgan fingerprint density at radius 1 is 1.06 bits per heavy atom. The molecular weight excluding hydrogens is 406 g/mol. The number of carbonyl (C=O) groups excluding carboxylic acids is 2. The fourth-order valence-electron chi connectivity index (χ4n) is 3.74.